The van der Waals surface area contributed by atoms with Crippen LogP contribution in [0.4, 0.5) is 0 Å². The highest BCUT2D eigenvalue weighted by Gasteiger charge is 2.19. The zero-order valence-corrected chi connectivity index (χ0v) is 23.1. The summed E-state index contributed by atoms with van der Waals surface area (Å²) >= 11 is 0. The molecular formula is C39H23N3O2. The quantitative estimate of drug-likeness (QED) is 0.211. The normalized spacial score (nSPS) is 13.2. The second kappa shape index (κ2) is 9.75. The fraction of sp³-hybridized carbons (Fsp3) is 0. The fourth-order valence-corrected chi connectivity index (χ4v) is 5.80. The van der Waals surface area contributed by atoms with Gasteiger partial charge in [0.05, 0.1) is 12.4 Å². The summed E-state index contributed by atoms with van der Waals surface area (Å²) in [6, 6.07) is 33.0. The number of fused-ring (bicyclic) bond motifs is 6. The van der Waals surface area contributed by atoms with Crippen LogP contribution in [0.2, 0.25) is 0 Å². The highest BCUT2D eigenvalue weighted by molar-refractivity contribution is 6.13. The second-order valence-electron chi connectivity index (χ2n) is 10.4. The van der Waals surface area contributed by atoms with Gasteiger partial charge in [-0.05, 0) is 29.8 Å². The topological polar surface area (TPSA) is 65.0 Å². The van der Waals surface area contributed by atoms with Crippen molar-refractivity contribution in [3.8, 4) is 45.3 Å². The lowest BCUT2D eigenvalue weighted by Gasteiger charge is -2.08. The maximum absolute atomic E-state index is 8.60. The summed E-state index contributed by atoms with van der Waals surface area (Å²) in [6.45, 7) is 0. The maximum atomic E-state index is 8.60. The summed E-state index contributed by atoms with van der Waals surface area (Å²) in [4.78, 5) is 14.1. The van der Waals surface area contributed by atoms with Crippen molar-refractivity contribution in [2.75, 3.05) is 0 Å². The second-order valence-corrected chi connectivity index (χ2v) is 10.4. The Balaban J connectivity index is 1.25. The van der Waals surface area contributed by atoms with E-state index in [-0.39, 0.29) is 17.2 Å². The minimum absolute atomic E-state index is 0.0322. The van der Waals surface area contributed by atoms with Crippen LogP contribution in [-0.2, 0) is 0 Å². The average Bonchev–Trinajstić information content (AvgIpc) is 3.72. The predicted octanol–water partition coefficient (Wildman–Crippen LogP) is 10.3. The minimum Gasteiger partial charge on any atom is -0.455 e. The zero-order chi connectivity index (χ0) is 33.4. The largest absolute Gasteiger partial charge is 0.455 e. The molecule has 0 N–H and O–H groups in total. The number of rotatable bonds is 4. The monoisotopic (exact) mass is 570 g/mol. The smallest absolute Gasteiger partial charge is 0.167 e. The molecule has 0 bridgehead atoms. The van der Waals surface area contributed by atoms with Crippen molar-refractivity contribution in [2.45, 2.75) is 0 Å². The first kappa shape index (κ1) is 19.9. The minimum atomic E-state index is -0.487. The average molecular weight is 571 g/mol. The molecule has 0 atom stereocenters. The predicted molar refractivity (Wildman–Crippen MR) is 176 cm³/mol. The molecule has 0 aliphatic heterocycles. The van der Waals surface area contributed by atoms with Gasteiger partial charge in [0.25, 0.3) is 0 Å². The first-order valence-corrected chi connectivity index (χ1v) is 14.1. The van der Waals surface area contributed by atoms with E-state index in [2.05, 4.69) is 29.2 Å². The van der Waals surface area contributed by atoms with Gasteiger partial charge in [-0.25, -0.2) is 15.0 Å². The van der Waals surface area contributed by atoms with Crippen LogP contribution in [0.5, 0.6) is 0 Å². The third-order valence-corrected chi connectivity index (χ3v) is 7.84. The molecule has 0 fully saturated rings. The van der Waals surface area contributed by atoms with E-state index in [1.54, 1.807) is 0 Å². The molecular weight excluding hydrogens is 542 g/mol. The van der Waals surface area contributed by atoms with E-state index in [1.165, 1.54) is 0 Å². The van der Waals surface area contributed by atoms with Crippen molar-refractivity contribution in [3.63, 3.8) is 0 Å². The third kappa shape index (κ3) is 3.91. The van der Waals surface area contributed by atoms with E-state index in [0.717, 1.165) is 43.8 Å². The molecule has 44 heavy (non-hydrogen) atoms. The van der Waals surface area contributed by atoms with Gasteiger partial charge in [-0.1, -0.05) is 115 Å². The van der Waals surface area contributed by atoms with Crippen LogP contribution in [0, 0.1) is 0 Å². The maximum Gasteiger partial charge on any atom is 0.167 e. The van der Waals surface area contributed by atoms with Crippen molar-refractivity contribution in [1.82, 2.24) is 15.0 Å². The van der Waals surface area contributed by atoms with Crippen LogP contribution in [0.15, 0.2) is 148 Å². The van der Waals surface area contributed by atoms with Gasteiger partial charge in [0.2, 0.25) is 0 Å². The third-order valence-electron chi connectivity index (χ3n) is 7.84. The zero-order valence-electron chi connectivity index (χ0n) is 28.1. The summed E-state index contributed by atoms with van der Waals surface area (Å²) in [6.07, 6.45) is 0. The molecule has 0 radical (unpaired) electrons. The standard InChI is InChI=1S/C39H23N3O2/c1-3-11-24(12-4-1)37-40-38(25-13-5-2-6-14-25)42-39(41-37)31-19-10-18-30-32-23-26(21-22-34(32)44-36(30)31)27-16-9-17-29-28-15-7-8-20-33(28)43-35(27)29/h1-23H/i1D,3D,4D,11D,12D. The lowest BCUT2D eigenvalue weighted by molar-refractivity contribution is 0.668. The summed E-state index contributed by atoms with van der Waals surface area (Å²) < 4.78 is 54.5. The Bertz CT molecular complexity index is 2760. The number of hydrogen-bond acceptors (Lipinski definition) is 5. The molecule has 5 nitrogen and oxygen atoms in total. The Labute approximate surface area is 259 Å². The summed E-state index contributed by atoms with van der Waals surface area (Å²) in [5.41, 5.74) is 5.96. The molecule has 0 saturated carbocycles. The molecule has 0 aliphatic rings. The first-order valence-electron chi connectivity index (χ1n) is 16.6. The molecule has 206 valence electrons. The number of benzene rings is 6. The fourth-order valence-electron chi connectivity index (χ4n) is 5.80. The van der Waals surface area contributed by atoms with E-state index < -0.39 is 30.2 Å². The SMILES string of the molecule is [2H]c1c([2H])c([2H])c(-c2nc(-c3ccccc3)nc(-c3cccc4c3oc3ccc(-c5cccc6c5oc5ccccc56)cc34)n2)c([2H])c1[2H]. The number of para-hydroxylation sites is 3. The van der Waals surface area contributed by atoms with Crippen LogP contribution in [0.3, 0.4) is 0 Å². The highest BCUT2D eigenvalue weighted by atomic mass is 16.3. The molecule has 6 aromatic carbocycles. The van der Waals surface area contributed by atoms with Crippen LogP contribution in [-0.4, -0.2) is 15.0 Å². The molecule has 0 saturated heterocycles. The van der Waals surface area contributed by atoms with Crippen molar-refractivity contribution in [3.05, 3.63) is 139 Å². The van der Waals surface area contributed by atoms with Crippen LogP contribution >= 0.6 is 0 Å². The Morgan fingerprint density at radius 2 is 1.05 bits per heavy atom. The Morgan fingerprint density at radius 3 is 1.86 bits per heavy atom. The molecule has 0 unspecified atom stereocenters. The molecule has 0 amide bonds. The Morgan fingerprint density at radius 1 is 0.432 bits per heavy atom. The van der Waals surface area contributed by atoms with Gasteiger partial charge in [0.1, 0.15) is 22.3 Å². The number of furan rings is 2. The molecule has 3 aromatic heterocycles. The van der Waals surface area contributed by atoms with E-state index in [9.17, 15) is 0 Å². The number of aromatic nitrogens is 3. The van der Waals surface area contributed by atoms with Crippen molar-refractivity contribution in [1.29, 1.82) is 0 Å². The molecule has 3 heterocycles. The van der Waals surface area contributed by atoms with Crippen molar-refractivity contribution in [2.24, 2.45) is 0 Å². The highest BCUT2D eigenvalue weighted by Crippen LogP contribution is 2.40. The van der Waals surface area contributed by atoms with Crippen molar-refractivity contribution < 1.29 is 15.7 Å². The lowest BCUT2D eigenvalue weighted by Crippen LogP contribution is -2.00. The van der Waals surface area contributed by atoms with Gasteiger partial charge in [0, 0.05) is 38.2 Å². The molecule has 5 heteroatoms. The molecule has 9 aromatic rings. The number of nitrogens with zero attached hydrogens (tertiary/aromatic N) is 3. The lowest BCUT2D eigenvalue weighted by atomic mass is 10.00. The molecule has 9 rings (SSSR count). The van der Waals surface area contributed by atoms with Gasteiger partial charge in [-0.2, -0.15) is 0 Å². The Kier molecular flexibility index (Phi) is 4.42. The summed E-state index contributed by atoms with van der Waals surface area (Å²) in [5, 5.41) is 3.85. The van der Waals surface area contributed by atoms with E-state index in [0.29, 0.717) is 28.1 Å². The van der Waals surface area contributed by atoms with Gasteiger partial charge in [-0.15, -0.1) is 0 Å². The number of hydrogen-bond donors (Lipinski definition) is 0. The molecule has 0 spiro atoms. The van der Waals surface area contributed by atoms with Gasteiger partial charge in [0.15, 0.2) is 17.5 Å². The first-order chi connectivity index (χ1) is 23.9. The van der Waals surface area contributed by atoms with E-state index in [1.807, 2.05) is 84.9 Å². The van der Waals surface area contributed by atoms with Gasteiger partial charge >= 0.3 is 0 Å². The summed E-state index contributed by atoms with van der Waals surface area (Å²) in [5.74, 6) is 0.504. The van der Waals surface area contributed by atoms with Crippen LogP contribution < -0.4 is 0 Å². The van der Waals surface area contributed by atoms with Crippen LogP contribution in [0.1, 0.15) is 6.85 Å². The van der Waals surface area contributed by atoms with E-state index >= 15 is 0 Å². The Hall–Kier alpha value is -6.07. The van der Waals surface area contributed by atoms with Gasteiger partial charge < -0.3 is 8.83 Å². The van der Waals surface area contributed by atoms with E-state index in [4.69, 9.17) is 25.7 Å². The van der Waals surface area contributed by atoms with Crippen LogP contribution in [0.25, 0.3) is 89.2 Å². The molecule has 0 aliphatic carbocycles. The van der Waals surface area contributed by atoms with Crippen molar-refractivity contribution >= 4 is 43.9 Å². The summed E-state index contributed by atoms with van der Waals surface area (Å²) in [7, 11) is 0. The van der Waals surface area contributed by atoms with Gasteiger partial charge in [-0.3, -0.25) is 0 Å².